The van der Waals surface area contributed by atoms with Crippen LogP contribution in [0, 0.1) is 17.1 Å². The SMILES string of the molecule is CCOc1ccc(NS(=O)(=O)c2cccc(C#N)c2)cc1F. The van der Waals surface area contributed by atoms with E-state index in [1.807, 2.05) is 6.07 Å². The maximum atomic E-state index is 13.7. The van der Waals surface area contributed by atoms with Crippen LogP contribution in [-0.2, 0) is 10.0 Å². The average Bonchev–Trinajstić information content (AvgIpc) is 2.50. The summed E-state index contributed by atoms with van der Waals surface area (Å²) in [6.45, 7) is 2.03. The van der Waals surface area contributed by atoms with Crippen LogP contribution in [0.2, 0.25) is 0 Å². The number of nitriles is 1. The Balaban J connectivity index is 2.29. The van der Waals surface area contributed by atoms with Crippen molar-refractivity contribution in [2.75, 3.05) is 11.3 Å². The molecule has 7 heteroatoms. The van der Waals surface area contributed by atoms with Crippen molar-refractivity contribution in [2.24, 2.45) is 0 Å². The second kappa shape index (κ2) is 6.45. The lowest BCUT2D eigenvalue weighted by Gasteiger charge is -2.10. The summed E-state index contributed by atoms with van der Waals surface area (Å²) in [6.07, 6.45) is 0. The second-order valence-electron chi connectivity index (χ2n) is 4.32. The third-order valence-electron chi connectivity index (χ3n) is 2.76. The smallest absolute Gasteiger partial charge is 0.261 e. The summed E-state index contributed by atoms with van der Waals surface area (Å²) in [5.74, 6) is -0.607. The van der Waals surface area contributed by atoms with E-state index in [1.54, 1.807) is 6.92 Å². The predicted octanol–water partition coefficient (Wildman–Crippen LogP) is 2.90. The van der Waals surface area contributed by atoms with Crippen LogP contribution in [0.1, 0.15) is 12.5 Å². The highest BCUT2D eigenvalue weighted by Crippen LogP contribution is 2.23. The molecule has 0 unspecified atom stereocenters. The Morgan fingerprint density at radius 1 is 1.27 bits per heavy atom. The van der Waals surface area contributed by atoms with Gasteiger partial charge in [0.25, 0.3) is 10.0 Å². The molecule has 0 saturated carbocycles. The van der Waals surface area contributed by atoms with Crippen LogP contribution in [0.25, 0.3) is 0 Å². The van der Waals surface area contributed by atoms with Gasteiger partial charge in [0.2, 0.25) is 0 Å². The molecule has 22 heavy (non-hydrogen) atoms. The van der Waals surface area contributed by atoms with Crippen molar-refractivity contribution >= 4 is 15.7 Å². The third kappa shape index (κ3) is 3.54. The first-order valence-electron chi connectivity index (χ1n) is 6.41. The topological polar surface area (TPSA) is 79.2 Å². The van der Waals surface area contributed by atoms with Gasteiger partial charge < -0.3 is 4.74 Å². The molecule has 0 aliphatic rings. The van der Waals surface area contributed by atoms with Crippen molar-refractivity contribution in [2.45, 2.75) is 11.8 Å². The van der Waals surface area contributed by atoms with E-state index in [-0.39, 0.29) is 21.9 Å². The number of halogens is 1. The van der Waals surface area contributed by atoms with Crippen LogP contribution in [-0.4, -0.2) is 15.0 Å². The van der Waals surface area contributed by atoms with Crippen molar-refractivity contribution in [3.05, 3.63) is 53.8 Å². The first kappa shape index (κ1) is 15.8. The lowest BCUT2D eigenvalue weighted by Crippen LogP contribution is -2.13. The van der Waals surface area contributed by atoms with Crippen molar-refractivity contribution in [1.29, 1.82) is 5.26 Å². The minimum absolute atomic E-state index is 0.0527. The normalized spacial score (nSPS) is 10.8. The zero-order valence-corrected chi connectivity index (χ0v) is 12.5. The van der Waals surface area contributed by atoms with Gasteiger partial charge in [0.05, 0.1) is 28.8 Å². The standard InChI is InChI=1S/C15H13FN2O3S/c1-2-21-15-7-6-12(9-14(15)16)18-22(19,20)13-5-3-4-11(8-13)10-17/h3-9,18H,2H2,1H3. The van der Waals surface area contributed by atoms with Crippen LogP contribution in [0.5, 0.6) is 5.75 Å². The van der Waals surface area contributed by atoms with Gasteiger partial charge in [-0.15, -0.1) is 0 Å². The molecular weight excluding hydrogens is 307 g/mol. The quantitative estimate of drug-likeness (QED) is 0.918. The molecule has 0 saturated heterocycles. The van der Waals surface area contributed by atoms with Gasteiger partial charge in [-0.25, -0.2) is 12.8 Å². The summed E-state index contributed by atoms with van der Waals surface area (Å²) in [7, 11) is -3.90. The van der Waals surface area contributed by atoms with E-state index in [9.17, 15) is 12.8 Å². The lowest BCUT2D eigenvalue weighted by molar-refractivity contribution is 0.321. The molecular formula is C15H13FN2O3S. The van der Waals surface area contributed by atoms with Crippen LogP contribution in [0.3, 0.4) is 0 Å². The summed E-state index contributed by atoms with van der Waals surface area (Å²) in [4.78, 5) is -0.0687. The predicted molar refractivity (Wildman–Crippen MR) is 79.5 cm³/mol. The van der Waals surface area contributed by atoms with E-state index in [4.69, 9.17) is 10.00 Å². The second-order valence-corrected chi connectivity index (χ2v) is 6.01. The zero-order chi connectivity index (χ0) is 16.2. The van der Waals surface area contributed by atoms with Crippen LogP contribution < -0.4 is 9.46 Å². The summed E-state index contributed by atoms with van der Waals surface area (Å²) < 4.78 is 45.5. The highest BCUT2D eigenvalue weighted by Gasteiger charge is 2.15. The fraction of sp³-hybridized carbons (Fsp3) is 0.133. The van der Waals surface area contributed by atoms with E-state index in [0.29, 0.717) is 6.61 Å². The van der Waals surface area contributed by atoms with E-state index in [0.717, 1.165) is 6.07 Å². The Hall–Kier alpha value is -2.59. The summed E-state index contributed by atoms with van der Waals surface area (Å²) >= 11 is 0. The Bertz CT molecular complexity index is 829. The van der Waals surface area contributed by atoms with Gasteiger partial charge in [-0.05, 0) is 37.3 Å². The van der Waals surface area contributed by atoms with Gasteiger partial charge in [0.1, 0.15) is 0 Å². The lowest BCUT2D eigenvalue weighted by atomic mass is 10.2. The van der Waals surface area contributed by atoms with Crippen molar-refractivity contribution < 1.29 is 17.5 Å². The molecule has 0 aliphatic heterocycles. The fourth-order valence-corrected chi connectivity index (χ4v) is 2.88. The number of nitrogens with one attached hydrogen (secondary N) is 1. The number of sulfonamides is 1. The number of anilines is 1. The number of rotatable bonds is 5. The van der Waals surface area contributed by atoms with Crippen LogP contribution >= 0.6 is 0 Å². The van der Waals surface area contributed by atoms with E-state index >= 15 is 0 Å². The first-order chi connectivity index (χ1) is 10.5. The Morgan fingerprint density at radius 3 is 2.68 bits per heavy atom. The molecule has 0 spiro atoms. The molecule has 2 aromatic carbocycles. The van der Waals surface area contributed by atoms with E-state index in [1.165, 1.54) is 36.4 Å². The number of nitrogens with zero attached hydrogens (tertiary/aromatic N) is 1. The number of hydrogen-bond donors (Lipinski definition) is 1. The molecule has 0 heterocycles. The minimum atomic E-state index is -3.90. The Morgan fingerprint density at radius 2 is 2.05 bits per heavy atom. The Labute approximate surface area is 128 Å². The largest absolute Gasteiger partial charge is 0.491 e. The molecule has 0 bridgehead atoms. The van der Waals surface area contributed by atoms with Gasteiger partial charge in [-0.3, -0.25) is 4.72 Å². The first-order valence-corrected chi connectivity index (χ1v) is 7.90. The summed E-state index contributed by atoms with van der Waals surface area (Å²) in [6, 6.07) is 11.2. The van der Waals surface area contributed by atoms with Crippen molar-refractivity contribution in [1.82, 2.24) is 0 Å². The summed E-state index contributed by atoms with van der Waals surface area (Å²) in [5.41, 5.74) is 0.295. The van der Waals surface area contributed by atoms with Crippen molar-refractivity contribution in [3.63, 3.8) is 0 Å². The maximum absolute atomic E-state index is 13.7. The molecule has 0 radical (unpaired) electrons. The van der Waals surface area contributed by atoms with Crippen LogP contribution in [0.4, 0.5) is 10.1 Å². The van der Waals surface area contributed by atoms with Crippen LogP contribution in [0.15, 0.2) is 47.4 Å². The van der Waals surface area contributed by atoms with Gasteiger partial charge in [0.15, 0.2) is 11.6 Å². The van der Waals surface area contributed by atoms with E-state index < -0.39 is 15.8 Å². The highest BCUT2D eigenvalue weighted by atomic mass is 32.2. The molecule has 2 rings (SSSR count). The van der Waals surface area contributed by atoms with Gasteiger partial charge in [-0.2, -0.15) is 5.26 Å². The van der Waals surface area contributed by atoms with E-state index in [2.05, 4.69) is 4.72 Å². The average molecular weight is 320 g/mol. The van der Waals surface area contributed by atoms with Crippen molar-refractivity contribution in [3.8, 4) is 11.8 Å². The monoisotopic (exact) mass is 320 g/mol. The molecule has 0 aromatic heterocycles. The number of benzene rings is 2. The molecule has 0 amide bonds. The Kier molecular flexibility index (Phi) is 4.63. The summed E-state index contributed by atoms with van der Waals surface area (Å²) in [5, 5.41) is 8.81. The molecule has 5 nitrogen and oxygen atoms in total. The van der Waals surface area contributed by atoms with Gasteiger partial charge >= 0.3 is 0 Å². The number of ether oxygens (including phenoxy) is 1. The van der Waals surface area contributed by atoms with Gasteiger partial charge in [0, 0.05) is 6.07 Å². The fourth-order valence-electron chi connectivity index (χ4n) is 1.78. The van der Waals surface area contributed by atoms with Gasteiger partial charge in [-0.1, -0.05) is 6.07 Å². The maximum Gasteiger partial charge on any atom is 0.261 e. The zero-order valence-electron chi connectivity index (χ0n) is 11.7. The minimum Gasteiger partial charge on any atom is -0.491 e. The molecule has 0 fully saturated rings. The molecule has 0 atom stereocenters. The highest BCUT2D eigenvalue weighted by molar-refractivity contribution is 7.92. The molecule has 0 aliphatic carbocycles. The number of hydrogen-bond acceptors (Lipinski definition) is 4. The molecule has 2 aromatic rings. The molecule has 1 N–H and O–H groups in total. The third-order valence-corrected chi connectivity index (χ3v) is 4.14. The molecule has 114 valence electrons.